The lowest BCUT2D eigenvalue weighted by Crippen LogP contribution is -2.12. The molecule has 0 radical (unpaired) electrons. The molecule has 0 rings (SSSR count). The Morgan fingerprint density at radius 3 is 2.32 bits per heavy atom. The third-order valence-electron chi connectivity index (χ3n) is 3.33. The molecule has 0 bridgehead atoms. The largest absolute Gasteiger partial charge is 0.379 e. The van der Waals surface area contributed by atoms with Crippen molar-refractivity contribution in [3.63, 3.8) is 0 Å². The Morgan fingerprint density at radius 2 is 1.74 bits per heavy atom. The summed E-state index contributed by atoms with van der Waals surface area (Å²) in [5.41, 5.74) is 0. The van der Waals surface area contributed by atoms with Gasteiger partial charge in [-0.2, -0.15) is 0 Å². The first kappa shape index (κ1) is 19.2. The van der Waals surface area contributed by atoms with Crippen molar-refractivity contribution in [2.24, 2.45) is 5.92 Å². The molecule has 0 heterocycles. The van der Waals surface area contributed by atoms with Crippen molar-refractivity contribution in [3.8, 4) is 0 Å². The van der Waals surface area contributed by atoms with Crippen LogP contribution in [-0.4, -0.2) is 26.9 Å². The first-order valence-electron chi connectivity index (χ1n) is 7.39. The van der Waals surface area contributed by atoms with Gasteiger partial charge in [-0.05, 0) is 32.1 Å². The van der Waals surface area contributed by atoms with E-state index in [0.717, 1.165) is 12.8 Å². The van der Waals surface area contributed by atoms with Crippen LogP contribution in [0.4, 0.5) is 0 Å². The monoisotopic (exact) mass is 312 g/mol. The predicted octanol–water partition coefficient (Wildman–Crippen LogP) is 4.35. The van der Waals surface area contributed by atoms with Gasteiger partial charge >= 0.3 is 0 Å². The maximum atomic E-state index is 10.8. The number of rotatable bonds is 12. The van der Waals surface area contributed by atoms with E-state index in [4.69, 9.17) is 15.4 Å². The highest BCUT2D eigenvalue weighted by Gasteiger charge is 2.10. The van der Waals surface area contributed by atoms with Crippen LogP contribution in [0.25, 0.3) is 0 Å². The zero-order chi connectivity index (χ0) is 14.7. The Labute approximate surface area is 123 Å². The Morgan fingerprint density at radius 1 is 1.05 bits per heavy atom. The Kier molecular flexibility index (Phi) is 11.0. The predicted molar refractivity (Wildman–Crippen MR) is 82.2 cm³/mol. The van der Waals surface area contributed by atoms with E-state index >= 15 is 0 Å². The summed E-state index contributed by atoms with van der Waals surface area (Å²) in [5, 5.41) is 0. The Balaban J connectivity index is 3.50. The van der Waals surface area contributed by atoms with E-state index in [1.54, 1.807) is 0 Å². The number of unbranched alkanes of at least 4 members (excludes halogenated alkanes) is 3. The zero-order valence-electron chi connectivity index (χ0n) is 12.5. The second-order valence-electron chi connectivity index (χ2n) is 5.46. The molecule has 0 aromatic heterocycles. The maximum Gasteiger partial charge on any atom is 0.232 e. The lowest BCUT2D eigenvalue weighted by atomic mass is 10.1. The summed E-state index contributed by atoms with van der Waals surface area (Å²) in [5.74, 6) is 0.392. The number of hydrogen-bond acceptors (Lipinski definition) is 3. The minimum Gasteiger partial charge on any atom is -0.379 e. The number of hydrogen-bond donors (Lipinski definition) is 0. The van der Waals surface area contributed by atoms with Gasteiger partial charge in [0, 0.05) is 17.3 Å². The molecule has 0 aliphatic carbocycles. The third-order valence-corrected chi connectivity index (χ3v) is 4.52. The van der Waals surface area contributed by atoms with Gasteiger partial charge in [0.1, 0.15) is 0 Å². The molecule has 5 heteroatoms. The van der Waals surface area contributed by atoms with Gasteiger partial charge < -0.3 is 4.74 Å². The van der Waals surface area contributed by atoms with E-state index in [1.165, 1.54) is 25.7 Å². The smallest absolute Gasteiger partial charge is 0.232 e. The quantitative estimate of drug-likeness (QED) is 0.397. The van der Waals surface area contributed by atoms with Crippen molar-refractivity contribution in [2.45, 2.75) is 71.8 Å². The minimum atomic E-state index is -3.35. The highest BCUT2D eigenvalue weighted by molar-refractivity contribution is 8.13. The van der Waals surface area contributed by atoms with Crippen LogP contribution in [-0.2, 0) is 13.8 Å². The lowest BCUT2D eigenvalue weighted by molar-refractivity contribution is 0.0504. The van der Waals surface area contributed by atoms with Crippen LogP contribution in [0.5, 0.6) is 0 Å². The standard InChI is InChI=1S/C14H29ClO3S/c1-4-5-6-7-8-14(3)18-11-9-13(2)10-12-19(15,16)17/h13-14H,4-12H2,1-3H3. The highest BCUT2D eigenvalue weighted by atomic mass is 35.7. The first-order valence-corrected chi connectivity index (χ1v) is 9.87. The summed E-state index contributed by atoms with van der Waals surface area (Å²) < 4.78 is 27.4. The third kappa shape index (κ3) is 14.4. The second kappa shape index (κ2) is 10.9. The molecule has 2 atom stereocenters. The summed E-state index contributed by atoms with van der Waals surface area (Å²) in [7, 11) is 1.84. The fraction of sp³-hybridized carbons (Fsp3) is 1.00. The van der Waals surface area contributed by atoms with Crippen LogP contribution in [0.3, 0.4) is 0 Å². The Bertz CT molecular complexity index is 304. The molecule has 0 N–H and O–H groups in total. The van der Waals surface area contributed by atoms with E-state index in [9.17, 15) is 8.42 Å². The minimum absolute atomic E-state index is 0.0578. The van der Waals surface area contributed by atoms with Gasteiger partial charge in [-0.25, -0.2) is 8.42 Å². The fourth-order valence-corrected chi connectivity index (χ4v) is 2.85. The maximum absolute atomic E-state index is 10.8. The SMILES string of the molecule is CCCCCCC(C)OCCC(C)CCS(=O)(=O)Cl. The van der Waals surface area contributed by atoms with Crippen molar-refractivity contribution in [1.29, 1.82) is 0 Å². The average molecular weight is 313 g/mol. The lowest BCUT2D eigenvalue weighted by Gasteiger charge is -2.15. The average Bonchev–Trinajstić information content (AvgIpc) is 2.31. The fourth-order valence-electron chi connectivity index (χ4n) is 1.90. The van der Waals surface area contributed by atoms with Crippen LogP contribution in [0, 0.1) is 5.92 Å². The molecule has 0 spiro atoms. The van der Waals surface area contributed by atoms with E-state index in [2.05, 4.69) is 13.8 Å². The van der Waals surface area contributed by atoms with Crippen LogP contribution < -0.4 is 0 Å². The second-order valence-corrected chi connectivity index (χ2v) is 8.35. The molecule has 0 fully saturated rings. The summed E-state index contributed by atoms with van der Waals surface area (Å²) in [6, 6.07) is 0. The van der Waals surface area contributed by atoms with Crippen molar-refractivity contribution in [1.82, 2.24) is 0 Å². The molecule has 0 aliphatic heterocycles. The van der Waals surface area contributed by atoms with Gasteiger partial charge in [0.15, 0.2) is 0 Å². The van der Waals surface area contributed by atoms with Crippen LogP contribution in [0.2, 0.25) is 0 Å². The molecule has 0 aromatic rings. The van der Waals surface area contributed by atoms with Gasteiger partial charge in [0.25, 0.3) is 0 Å². The van der Waals surface area contributed by atoms with Gasteiger partial charge in [-0.3, -0.25) is 0 Å². The molecule has 0 saturated heterocycles. The van der Waals surface area contributed by atoms with Crippen molar-refractivity contribution < 1.29 is 13.2 Å². The van der Waals surface area contributed by atoms with E-state index < -0.39 is 9.05 Å². The first-order chi connectivity index (χ1) is 8.85. The zero-order valence-corrected chi connectivity index (χ0v) is 14.1. The van der Waals surface area contributed by atoms with Gasteiger partial charge in [0.2, 0.25) is 9.05 Å². The molecule has 3 nitrogen and oxygen atoms in total. The summed E-state index contributed by atoms with van der Waals surface area (Å²) in [4.78, 5) is 0. The van der Waals surface area contributed by atoms with E-state index in [-0.39, 0.29) is 5.75 Å². The van der Waals surface area contributed by atoms with Crippen molar-refractivity contribution in [3.05, 3.63) is 0 Å². The molecule has 0 saturated carbocycles. The molecule has 0 amide bonds. The van der Waals surface area contributed by atoms with Crippen LogP contribution in [0.1, 0.15) is 65.7 Å². The number of ether oxygens (including phenoxy) is 1. The molecular formula is C14H29ClO3S. The van der Waals surface area contributed by atoms with Crippen molar-refractivity contribution >= 4 is 19.7 Å². The van der Waals surface area contributed by atoms with E-state index in [1.807, 2.05) is 6.92 Å². The molecule has 116 valence electrons. The van der Waals surface area contributed by atoms with E-state index in [0.29, 0.717) is 25.0 Å². The van der Waals surface area contributed by atoms with Gasteiger partial charge in [-0.1, -0.05) is 39.5 Å². The summed E-state index contributed by atoms with van der Waals surface area (Å²) in [6.45, 7) is 7.07. The van der Waals surface area contributed by atoms with Crippen molar-refractivity contribution in [2.75, 3.05) is 12.4 Å². The molecule has 0 aliphatic rings. The normalized spacial score (nSPS) is 15.4. The van der Waals surface area contributed by atoms with Crippen LogP contribution in [0.15, 0.2) is 0 Å². The van der Waals surface area contributed by atoms with Crippen LogP contribution >= 0.6 is 10.7 Å². The summed E-state index contributed by atoms with van der Waals surface area (Å²) >= 11 is 0. The molecular weight excluding hydrogens is 284 g/mol. The topological polar surface area (TPSA) is 43.4 Å². The molecule has 0 aromatic carbocycles. The highest BCUT2D eigenvalue weighted by Crippen LogP contribution is 2.13. The molecule has 19 heavy (non-hydrogen) atoms. The molecule has 2 unspecified atom stereocenters. The van der Waals surface area contributed by atoms with Gasteiger partial charge in [0.05, 0.1) is 11.9 Å². The number of halogens is 1. The Hall–Kier alpha value is 0.200. The van der Waals surface area contributed by atoms with Gasteiger partial charge in [-0.15, -0.1) is 0 Å². The summed E-state index contributed by atoms with van der Waals surface area (Å²) in [6.07, 6.45) is 8.01.